The lowest BCUT2D eigenvalue weighted by atomic mass is 10.1. The summed E-state index contributed by atoms with van der Waals surface area (Å²) >= 11 is 0. The summed E-state index contributed by atoms with van der Waals surface area (Å²) in [6, 6.07) is 12.7. The van der Waals surface area contributed by atoms with E-state index in [1.807, 2.05) is 32.0 Å². The Balaban J connectivity index is 1.80. The summed E-state index contributed by atoms with van der Waals surface area (Å²) in [5, 5.41) is 5.97. The van der Waals surface area contributed by atoms with Gasteiger partial charge >= 0.3 is 0 Å². The lowest BCUT2D eigenvalue weighted by Gasteiger charge is -2.12. The number of benzene rings is 2. The van der Waals surface area contributed by atoms with Crippen molar-refractivity contribution in [1.82, 2.24) is 9.97 Å². The molecule has 2 N–H and O–H groups in total. The Bertz CT molecular complexity index is 1000. The highest BCUT2D eigenvalue weighted by molar-refractivity contribution is 6.03. The Morgan fingerprint density at radius 1 is 1.00 bits per heavy atom. The standard InChI is InChI=1S/C21H22N4O3/c1-13-6-5-7-16(14(13)2)23-20(26)18-10-11-22-21(25-18)24-17-9-8-15(27-3)12-19(17)28-4/h5-12H,1-4H3,(H,23,26)(H,22,24,25). The van der Waals surface area contributed by atoms with E-state index in [0.717, 1.165) is 16.8 Å². The van der Waals surface area contributed by atoms with E-state index in [1.165, 1.54) is 6.20 Å². The summed E-state index contributed by atoms with van der Waals surface area (Å²) in [5.41, 5.74) is 3.80. The molecule has 0 aliphatic heterocycles. The molecule has 0 aliphatic rings. The van der Waals surface area contributed by atoms with Gasteiger partial charge in [0.25, 0.3) is 5.91 Å². The predicted molar refractivity (Wildman–Crippen MR) is 109 cm³/mol. The van der Waals surface area contributed by atoms with Gasteiger partial charge in [-0.3, -0.25) is 4.79 Å². The van der Waals surface area contributed by atoms with Gasteiger partial charge in [0.2, 0.25) is 5.95 Å². The van der Waals surface area contributed by atoms with Crippen LogP contribution < -0.4 is 20.1 Å². The molecule has 2 aromatic carbocycles. The number of hydrogen-bond donors (Lipinski definition) is 2. The maximum absolute atomic E-state index is 12.6. The van der Waals surface area contributed by atoms with Gasteiger partial charge in [0.05, 0.1) is 19.9 Å². The topological polar surface area (TPSA) is 85.4 Å². The maximum atomic E-state index is 12.6. The first kappa shape index (κ1) is 19.2. The third-order valence-corrected chi connectivity index (χ3v) is 4.40. The van der Waals surface area contributed by atoms with E-state index < -0.39 is 0 Å². The number of ether oxygens (including phenoxy) is 2. The quantitative estimate of drug-likeness (QED) is 0.671. The fourth-order valence-corrected chi connectivity index (χ4v) is 2.64. The van der Waals surface area contributed by atoms with Crippen LogP contribution in [0, 0.1) is 13.8 Å². The third kappa shape index (κ3) is 4.20. The molecule has 0 radical (unpaired) electrons. The fourth-order valence-electron chi connectivity index (χ4n) is 2.64. The molecule has 1 amide bonds. The number of nitrogens with zero attached hydrogens (tertiary/aromatic N) is 2. The number of hydrogen-bond acceptors (Lipinski definition) is 6. The van der Waals surface area contributed by atoms with Crippen LogP contribution >= 0.6 is 0 Å². The minimum absolute atomic E-state index is 0.255. The Hall–Kier alpha value is -3.61. The number of anilines is 3. The van der Waals surface area contributed by atoms with Crippen molar-refractivity contribution in [2.24, 2.45) is 0 Å². The molecule has 1 aromatic heterocycles. The van der Waals surface area contributed by atoms with Crippen LogP contribution in [-0.4, -0.2) is 30.1 Å². The zero-order chi connectivity index (χ0) is 20.1. The Labute approximate surface area is 163 Å². The van der Waals surface area contributed by atoms with Crippen molar-refractivity contribution >= 4 is 23.2 Å². The third-order valence-electron chi connectivity index (χ3n) is 4.40. The zero-order valence-corrected chi connectivity index (χ0v) is 16.2. The van der Waals surface area contributed by atoms with Crippen LogP contribution in [0.1, 0.15) is 21.6 Å². The molecule has 0 bridgehead atoms. The number of carbonyl (C=O) groups is 1. The van der Waals surface area contributed by atoms with E-state index in [0.29, 0.717) is 17.2 Å². The van der Waals surface area contributed by atoms with Gasteiger partial charge in [0.15, 0.2) is 0 Å². The number of nitrogens with one attached hydrogen (secondary N) is 2. The summed E-state index contributed by atoms with van der Waals surface area (Å²) in [6.07, 6.45) is 1.53. The van der Waals surface area contributed by atoms with Crippen molar-refractivity contribution in [3.63, 3.8) is 0 Å². The second kappa shape index (κ2) is 8.39. The number of methoxy groups -OCH3 is 2. The first-order chi connectivity index (χ1) is 13.5. The maximum Gasteiger partial charge on any atom is 0.274 e. The van der Waals surface area contributed by atoms with Crippen LogP contribution in [0.4, 0.5) is 17.3 Å². The lowest BCUT2D eigenvalue weighted by molar-refractivity contribution is 0.102. The fraction of sp³-hybridized carbons (Fsp3) is 0.190. The molecule has 1 heterocycles. The minimum Gasteiger partial charge on any atom is -0.497 e. The van der Waals surface area contributed by atoms with Crippen molar-refractivity contribution in [1.29, 1.82) is 0 Å². The Morgan fingerprint density at radius 2 is 1.82 bits per heavy atom. The number of aryl methyl sites for hydroxylation is 1. The smallest absolute Gasteiger partial charge is 0.274 e. The van der Waals surface area contributed by atoms with Gasteiger partial charge in [0.1, 0.15) is 17.2 Å². The van der Waals surface area contributed by atoms with Crippen LogP contribution in [-0.2, 0) is 0 Å². The van der Waals surface area contributed by atoms with Crippen LogP contribution in [0.15, 0.2) is 48.7 Å². The van der Waals surface area contributed by atoms with Crippen molar-refractivity contribution < 1.29 is 14.3 Å². The molecule has 3 rings (SSSR count). The van der Waals surface area contributed by atoms with Crippen LogP contribution in [0.5, 0.6) is 11.5 Å². The highest BCUT2D eigenvalue weighted by atomic mass is 16.5. The molecule has 0 saturated carbocycles. The molecule has 144 valence electrons. The summed E-state index contributed by atoms with van der Waals surface area (Å²) < 4.78 is 10.6. The Kier molecular flexibility index (Phi) is 5.74. The number of rotatable bonds is 6. The van der Waals surface area contributed by atoms with Crippen LogP contribution in [0.3, 0.4) is 0 Å². The summed E-state index contributed by atoms with van der Waals surface area (Å²) in [4.78, 5) is 21.1. The largest absolute Gasteiger partial charge is 0.497 e. The second-order valence-corrected chi connectivity index (χ2v) is 6.16. The van der Waals surface area contributed by atoms with E-state index in [2.05, 4.69) is 20.6 Å². The highest BCUT2D eigenvalue weighted by Crippen LogP contribution is 2.30. The molecule has 0 spiro atoms. The van der Waals surface area contributed by atoms with Gasteiger partial charge in [-0.1, -0.05) is 12.1 Å². The van der Waals surface area contributed by atoms with Crippen molar-refractivity contribution in [3.05, 3.63) is 65.5 Å². The molecule has 7 heteroatoms. The summed E-state index contributed by atoms with van der Waals surface area (Å²) in [6.45, 7) is 3.97. The van der Waals surface area contributed by atoms with E-state index in [4.69, 9.17) is 9.47 Å². The van der Waals surface area contributed by atoms with Crippen molar-refractivity contribution in [3.8, 4) is 11.5 Å². The van der Waals surface area contributed by atoms with Crippen molar-refractivity contribution in [2.75, 3.05) is 24.9 Å². The van der Waals surface area contributed by atoms with Crippen LogP contribution in [0.2, 0.25) is 0 Å². The molecule has 0 atom stereocenters. The normalized spacial score (nSPS) is 10.3. The Morgan fingerprint density at radius 3 is 2.57 bits per heavy atom. The summed E-state index contributed by atoms with van der Waals surface area (Å²) in [5.74, 6) is 1.23. The molecule has 3 aromatic rings. The lowest BCUT2D eigenvalue weighted by Crippen LogP contribution is -2.15. The number of carbonyl (C=O) groups excluding carboxylic acids is 1. The second-order valence-electron chi connectivity index (χ2n) is 6.16. The van der Waals surface area contributed by atoms with E-state index in [-0.39, 0.29) is 17.5 Å². The first-order valence-corrected chi connectivity index (χ1v) is 8.71. The monoisotopic (exact) mass is 378 g/mol. The average molecular weight is 378 g/mol. The van der Waals surface area contributed by atoms with E-state index >= 15 is 0 Å². The molecule has 0 saturated heterocycles. The highest BCUT2D eigenvalue weighted by Gasteiger charge is 2.12. The van der Waals surface area contributed by atoms with Crippen LogP contribution in [0.25, 0.3) is 0 Å². The van der Waals surface area contributed by atoms with Crippen molar-refractivity contribution in [2.45, 2.75) is 13.8 Å². The van der Waals surface area contributed by atoms with E-state index in [9.17, 15) is 4.79 Å². The number of aromatic nitrogens is 2. The molecular formula is C21H22N4O3. The van der Waals surface area contributed by atoms with Gasteiger partial charge in [0, 0.05) is 18.0 Å². The van der Waals surface area contributed by atoms with Gasteiger partial charge in [-0.15, -0.1) is 0 Å². The molecule has 0 fully saturated rings. The molecule has 0 unspecified atom stereocenters. The average Bonchev–Trinajstić information content (AvgIpc) is 2.72. The SMILES string of the molecule is COc1ccc(Nc2nccc(C(=O)Nc3cccc(C)c3C)n2)c(OC)c1. The predicted octanol–water partition coefficient (Wildman–Crippen LogP) is 4.11. The zero-order valence-electron chi connectivity index (χ0n) is 16.2. The number of amides is 1. The van der Waals surface area contributed by atoms with E-state index in [1.54, 1.807) is 38.5 Å². The van der Waals surface area contributed by atoms with Gasteiger partial charge in [-0.05, 0) is 49.2 Å². The minimum atomic E-state index is -0.305. The van der Waals surface area contributed by atoms with Gasteiger partial charge < -0.3 is 20.1 Å². The molecule has 7 nitrogen and oxygen atoms in total. The first-order valence-electron chi connectivity index (χ1n) is 8.71. The van der Waals surface area contributed by atoms with Gasteiger partial charge in [-0.25, -0.2) is 9.97 Å². The molecular weight excluding hydrogens is 356 g/mol. The molecule has 28 heavy (non-hydrogen) atoms. The van der Waals surface area contributed by atoms with Gasteiger partial charge in [-0.2, -0.15) is 0 Å². The summed E-state index contributed by atoms with van der Waals surface area (Å²) in [7, 11) is 3.15. The molecule has 0 aliphatic carbocycles.